The number of rotatable bonds is 2. The van der Waals surface area contributed by atoms with Crippen molar-refractivity contribution in [2.45, 2.75) is 13.3 Å². The summed E-state index contributed by atoms with van der Waals surface area (Å²) in [5.41, 5.74) is 0. The van der Waals surface area contributed by atoms with Crippen LogP contribution >= 0.6 is 0 Å². The Morgan fingerprint density at radius 1 is 1.25 bits per heavy atom. The zero-order valence-electron chi connectivity index (χ0n) is 5.79. The second kappa shape index (κ2) is 10.9. The van der Waals surface area contributed by atoms with E-state index in [0.29, 0.717) is 0 Å². The molecule has 8 heavy (non-hydrogen) atoms. The van der Waals surface area contributed by atoms with Gasteiger partial charge in [0.1, 0.15) is 0 Å². The predicted octanol–water partition coefficient (Wildman–Crippen LogP) is -3.46. The van der Waals surface area contributed by atoms with Crippen molar-refractivity contribution in [3.63, 3.8) is 0 Å². The molecule has 0 aromatic rings. The van der Waals surface area contributed by atoms with Crippen LogP contribution in [0, 0.1) is 0 Å². The Morgan fingerprint density at radius 2 is 1.62 bits per heavy atom. The van der Waals surface area contributed by atoms with Crippen molar-refractivity contribution in [2.75, 3.05) is 20.6 Å². The third kappa shape index (κ3) is 15.8. The van der Waals surface area contributed by atoms with Gasteiger partial charge in [0.25, 0.3) is 0 Å². The maximum absolute atomic E-state index is 2.20. The number of nitrogens with one attached hydrogen (secondary N) is 1. The van der Waals surface area contributed by atoms with E-state index in [9.17, 15) is 0 Å². The van der Waals surface area contributed by atoms with E-state index in [0.717, 1.165) is 0 Å². The Morgan fingerprint density at radius 3 is 1.62 bits per heavy atom. The van der Waals surface area contributed by atoms with Gasteiger partial charge in [0.15, 0.2) is 0 Å². The summed E-state index contributed by atoms with van der Waals surface area (Å²) in [4.78, 5) is 1.54. The summed E-state index contributed by atoms with van der Waals surface area (Å²) >= 11 is 0. The van der Waals surface area contributed by atoms with Crippen LogP contribution in [0.5, 0.6) is 0 Å². The standard InChI is InChI=1S/C5H13N.ClH.Ti/c1-4-5-6(2)3;;/h4-5H2,1-3H3;1H;. The Balaban J connectivity index is -0.000000125. The average Bonchev–Trinajstić information content (AvgIpc) is 1.35. The van der Waals surface area contributed by atoms with Crippen LogP contribution in [0.2, 0.25) is 0 Å². The summed E-state index contributed by atoms with van der Waals surface area (Å²) in [7, 11) is 4.34. The molecule has 0 heterocycles. The molecule has 0 aliphatic rings. The van der Waals surface area contributed by atoms with E-state index in [1.165, 1.54) is 17.9 Å². The first-order valence-corrected chi connectivity index (χ1v) is 2.56. The minimum absolute atomic E-state index is 0. The second-order valence-electron chi connectivity index (χ2n) is 1.96. The molecule has 0 atom stereocenters. The minimum atomic E-state index is 0. The van der Waals surface area contributed by atoms with Gasteiger partial charge in [-0.25, -0.2) is 0 Å². The monoisotopic (exact) mass is 171 g/mol. The minimum Gasteiger partial charge on any atom is -1.00 e. The normalized spacial score (nSPS) is 7.50. The molecule has 0 radical (unpaired) electrons. The third-order valence-electron chi connectivity index (χ3n) is 0.750. The summed E-state index contributed by atoms with van der Waals surface area (Å²) < 4.78 is 0. The van der Waals surface area contributed by atoms with Crippen molar-refractivity contribution in [3.8, 4) is 0 Å². The molecule has 0 saturated heterocycles. The number of hydrogen-bond donors (Lipinski definition) is 1. The number of quaternary nitrogens is 1. The van der Waals surface area contributed by atoms with Crippen LogP contribution in [0.4, 0.5) is 0 Å². The molecule has 3 heteroatoms. The quantitative estimate of drug-likeness (QED) is 0.412. The molecule has 0 aliphatic heterocycles. The molecular weight excluding hydrogens is 157 g/mol. The summed E-state index contributed by atoms with van der Waals surface area (Å²) in [5.74, 6) is 0. The van der Waals surface area contributed by atoms with E-state index in [2.05, 4.69) is 21.0 Å². The fourth-order valence-electron chi connectivity index (χ4n) is 0.500. The molecule has 0 unspecified atom stereocenters. The van der Waals surface area contributed by atoms with Gasteiger partial charge in [-0.2, -0.15) is 0 Å². The third-order valence-corrected chi connectivity index (χ3v) is 0.750. The van der Waals surface area contributed by atoms with Gasteiger partial charge in [0.2, 0.25) is 0 Å². The van der Waals surface area contributed by atoms with Crippen molar-refractivity contribution in [1.82, 2.24) is 0 Å². The molecule has 0 aliphatic carbocycles. The average molecular weight is 171 g/mol. The van der Waals surface area contributed by atoms with Crippen LogP contribution in [-0.4, -0.2) is 20.6 Å². The first-order valence-electron chi connectivity index (χ1n) is 2.56. The van der Waals surface area contributed by atoms with Gasteiger partial charge < -0.3 is 17.3 Å². The van der Waals surface area contributed by atoms with Crippen molar-refractivity contribution >= 4 is 0 Å². The Kier molecular flexibility index (Phi) is 21.7. The van der Waals surface area contributed by atoms with Crippen LogP contribution in [-0.2, 0) is 21.7 Å². The summed E-state index contributed by atoms with van der Waals surface area (Å²) in [6.45, 7) is 3.49. The van der Waals surface area contributed by atoms with Crippen molar-refractivity contribution in [3.05, 3.63) is 0 Å². The van der Waals surface area contributed by atoms with Gasteiger partial charge >= 0.3 is 0 Å². The van der Waals surface area contributed by atoms with Gasteiger partial charge in [-0.3, -0.25) is 0 Å². The molecule has 0 fully saturated rings. The van der Waals surface area contributed by atoms with Crippen molar-refractivity contribution < 1.29 is 39.0 Å². The van der Waals surface area contributed by atoms with Crippen LogP contribution in [0.3, 0.4) is 0 Å². The molecule has 0 aromatic carbocycles. The van der Waals surface area contributed by atoms with Crippen LogP contribution in [0.25, 0.3) is 0 Å². The topological polar surface area (TPSA) is 4.44 Å². The molecule has 0 aromatic heterocycles. The zero-order valence-corrected chi connectivity index (χ0v) is 8.11. The first kappa shape index (κ1) is 16.0. The smallest absolute Gasteiger partial charge is 0.0764 e. The van der Waals surface area contributed by atoms with Crippen molar-refractivity contribution in [2.24, 2.45) is 0 Å². The summed E-state index contributed by atoms with van der Waals surface area (Å²) in [6.07, 6.45) is 1.29. The van der Waals surface area contributed by atoms with Gasteiger partial charge in [-0.15, -0.1) is 0 Å². The second-order valence-corrected chi connectivity index (χ2v) is 1.96. The SMILES string of the molecule is CCC[NH+](C)C.[Cl-].[Ti]. The molecule has 0 spiro atoms. The van der Waals surface area contributed by atoms with E-state index >= 15 is 0 Å². The van der Waals surface area contributed by atoms with Crippen LogP contribution in [0.15, 0.2) is 0 Å². The Labute approximate surface area is 73.1 Å². The molecule has 0 saturated carbocycles. The largest absolute Gasteiger partial charge is 1.00 e. The van der Waals surface area contributed by atoms with Gasteiger partial charge in [0, 0.05) is 21.7 Å². The van der Waals surface area contributed by atoms with E-state index in [1.807, 2.05) is 0 Å². The Bertz CT molecular complexity index is 33.6. The fraction of sp³-hybridized carbons (Fsp3) is 1.00. The summed E-state index contributed by atoms with van der Waals surface area (Å²) in [5, 5.41) is 0. The zero-order chi connectivity index (χ0) is 4.99. The van der Waals surface area contributed by atoms with E-state index in [-0.39, 0.29) is 34.1 Å². The predicted molar refractivity (Wildman–Crippen MR) is 28.0 cm³/mol. The number of halogens is 1. The van der Waals surface area contributed by atoms with Gasteiger partial charge in [0.05, 0.1) is 20.6 Å². The molecule has 50 valence electrons. The van der Waals surface area contributed by atoms with E-state index < -0.39 is 0 Å². The van der Waals surface area contributed by atoms with Gasteiger partial charge in [-0.05, 0) is 6.42 Å². The van der Waals surface area contributed by atoms with E-state index in [4.69, 9.17) is 0 Å². The maximum Gasteiger partial charge on any atom is 0.0764 e. The van der Waals surface area contributed by atoms with Crippen molar-refractivity contribution in [1.29, 1.82) is 0 Å². The summed E-state index contributed by atoms with van der Waals surface area (Å²) in [6, 6.07) is 0. The molecule has 1 N–H and O–H groups in total. The first-order chi connectivity index (χ1) is 2.77. The molecule has 0 bridgehead atoms. The van der Waals surface area contributed by atoms with Gasteiger partial charge in [-0.1, -0.05) is 6.92 Å². The number of hydrogen-bond acceptors (Lipinski definition) is 0. The van der Waals surface area contributed by atoms with E-state index in [1.54, 1.807) is 0 Å². The molecule has 1 nitrogen and oxygen atoms in total. The van der Waals surface area contributed by atoms with Crippen LogP contribution < -0.4 is 17.3 Å². The molecule has 0 rings (SSSR count). The fourth-order valence-corrected chi connectivity index (χ4v) is 0.500. The Hall–Kier alpha value is 0.964. The van der Waals surface area contributed by atoms with Crippen LogP contribution in [0.1, 0.15) is 13.3 Å². The molecular formula is C5H14ClNTi. The molecule has 0 amide bonds. The maximum atomic E-state index is 2.20.